The van der Waals surface area contributed by atoms with Gasteiger partial charge in [0.1, 0.15) is 0 Å². The number of hydrogen-bond donors (Lipinski definition) is 2. The normalized spacial score (nSPS) is 11.5. The molecule has 0 spiro atoms. The molecule has 0 radical (unpaired) electrons. The SMILES string of the molecule is COC(CN)CC(=O)NCCSc1ccccc1.Cl. The summed E-state index contributed by atoms with van der Waals surface area (Å²) in [4.78, 5) is 12.7. The molecular formula is C13H21ClN2O2S. The van der Waals surface area contributed by atoms with E-state index in [4.69, 9.17) is 10.5 Å². The fraction of sp³-hybridized carbons (Fsp3) is 0.462. The van der Waals surface area contributed by atoms with E-state index in [9.17, 15) is 4.79 Å². The molecule has 6 heteroatoms. The van der Waals surface area contributed by atoms with Gasteiger partial charge in [-0.15, -0.1) is 24.2 Å². The predicted octanol–water partition coefficient (Wildman–Crippen LogP) is 1.68. The van der Waals surface area contributed by atoms with Crippen LogP contribution < -0.4 is 11.1 Å². The van der Waals surface area contributed by atoms with E-state index < -0.39 is 0 Å². The predicted molar refractivity (Wildman–Crippen MR) is 81.9 cm³/mol. The summed E-state index contributed by atoms with van der Waals surface area (Å²) in [6, 6.07) is 10.1. The van der Waals surface area contributed by atoms with Crippen molar-refractivity contribution < 1.29 is 9.53 Å². The van der Waals surface area contributed by atoms with Gasteiger partial charge in [0.05, 0.1) is 12.5 Å². The topological polar surface area (TPSA) is 64.3 Å². The minimum Gasteiger partial charge on any atom is -0.380 e. The molecule has 1 aromatic rings. The maximum atomic E-state index is 11.5. The molecule has 108 valence electrons. The number of nitrogens with two attached hydrogens (primary N) is 1. The highest BCUT2D eigenvalue weighted by molar-refractivity contribution is 7.99. The lowest BCUT2D eigenvalue weighted by atomic mass is 10.2. The summed E-state index contributed by atoms with van der Waals surface area (Å²) in [6.07, 6.45) is 0.134. The fourth-order valence-corrected chi connectivity index (χ4v) is 2.21. The van der Waals surface area contributed by atoms with Crippen molar-refractivity contribution >= 4 is 30.1 Å². The molecular weight excluding hydrogens is 284 g/mol. The summed E-state index contributed by atoms with van der Waals surface area (Å²) in [5.74, 6) is 0.844. The number of benzene rings is 1. The molecule has 0 heterocycles. The summed E-state index contributed by atoms with van der Waals surface area (Å²) in [5, 5.41) is 2.86. The molecule has 1 amide bonds. The number of rotatable bonds is 8. The summed E-state index contributed by atoms with van der Waals surface area (Å²) < 4.78 is 5.05. The quantitative estimate of drug-likeness (QED) is 0.566. The van der Waals surface area contributed by atoms with Crippen molar-refractivity contribution in [2.24, 2.45) is 5.73 Å². The number of hydrogen-bond acceptors (Lipinski definition) is 4. The largest absolute Gasteiger partial charge is 0.380 e. The van der Waals surface area contributed by atoms with Crippen LogP contribution in [0.2, 0.25) is 0 Å². The molecule has 0 aliphatic heterocycles. The second kappa shape index (κ2) is 11.1. The highest BCUT2D eigenvalue weighted by Gasteiger charge is 2.10. The molecule has 1 unspecified atom stereocenters. The zero-order valence-corrected chi connectivity index (χ0v) is 12.6. The lowest BCUT2D eigenvalue weighted by Gasteiger charge is -2.12. The van der Waals surface area contributed by atoms with E-state index >= 15 is 0 Å². The summed E-state index contributed by atoms with van der Waals surface area (Å²) in [6.45, 7) is 1.02. The van der Waals surface area contributed by atoms with Crippen LogP contribution in [0.1, 0.15) is 6.42 Å². The highest BCUT2D eigenvalue weighted by atomic mass is 35.5. The van der Waals surface area contributed by atoms with Gasteiger partial charge < -0.3 is 15.8 Å². The van der Waals surface area contributed by atoms with Crippen LogP contribution in [0, 0.1) is 0 Å². The van der Waals surface area contributed by atoms with Gasteiger partial charge in [-0.2, -0.15) is 0 Å². The summed E-state index contributed by atoms with van der Waals surface area (Å²) in [5.41, 5.74) is 5.45. The van der Waals surface area contributed by atoms with Gasteiger partial charge in [0.25, 0.3) is 0 Å². The fourth-order valence-electron chi connectivity index (χ4n) is 1.42. The van der Waals surface area contributed by atoms with Crippen LogP contribution in [0.4, 0.5) is 0 Å². The molecule has 1 atom stereocenters. The highest BCUT2D eigenvalue weighted by Crippen LogP contribution is 2.15. The number of amides is 1. The van der Waals surface area contributed by atoms with Crippen molar-refractivity contribution in [2.45, 2.75) is 17.4 Å². The molecule has 0 bridgehead atoms. The lowest BCUT2D eigenvalue weighted by Crippen LogP contribution is -2.33. The van der Waals surface area contributed by atoms with E-state index in [0.717, 1.165) is 5.75 Å². The Labute approximate surface area is 124 Å². The molecule has 4 nitrogen and oxygen atoms in total. The van der Waals surface area contributed by atoms with Crippen LogP contribution in [0.3, 0.4) is 0 Å². The van der Waals surface area contributed by atoms with Gasteiger partial charge in [0.2, 0.25) is 5.91 Å². The Morgan fingerprint density at radius 1 is 1.42 bits per heavy atom. The Morgan fingerprint density at radius 2 is 2.11 bits per heavy atom. The zero-order valence-electron chi connectivity index (χ0n) is 11.0. The first-order chi connectivity index (χ1) is 8.76. The Balaban J connectivity index is 0.00000324. The first kappa shape index (κ1) is 18.2. The van der Waals surface area contributed by atoms with Crippen LogP contribution in [0.25, 0.3) is 0 Å². The van der Waals surface area contributed by atoms with Crippen LogP contribution in [-0.4, -0.2) is 38.0 Å². The Bertz CT molecular complexity index is 348. The van der Waals surface area contributed by atoms with Gasteiger partial charge in [0.15, 0.2) is 0 Å². The van der Waals surface area contributed by atoms with Crippen LogP contribution >= 0.6 is 24.2 Å². The zero-order chi connectivity index (χ0) is 13.2. The average Bonchev–Trinajstić information content (AvgIpc) is 2.42. The second-order valence-corrected chi connectivity index (χ2v) is 4.98. The van der Waals surface area contributed by atoms with E-state index in [2.05, 4.69) is 17.4 Å². The van der Waals surface area contributed by atoms with Crippen molar-refractivity contribution in [1.29, 1.82) is 0 Å². The molecule has 0 saturated carbocycles. The van der Waals surface area contributed by atoms with Crippen LogP contribution in [-0.2, 0) is 9.53 Å². The standard InChI is InChI=1S/C13H20N2O2S.ClH/c1-17-11(10-14)9-13(16)15-7-8-18-12-5-3-2-4-6-12;/h2-6,11H,7-10,14H2,1H3,(H,15,16);1H. The Morgan fingerprint density at radius 3 is 2.68 bits per heavy atom. The van der Waals surface area contributed by atoms with Gasteiger partial charge in [-0.1, -0.05) is 18.2 Å². The van der Waals surface area contributed by atoms with E-state index in [1.807, 2.05) is 18.2 Å². The molecule has 1 rings (SSSR count). The maximum Gasteiger partial charge on any atom is 0.222 e. The summed E-state index contributed by atoms with van der Waals surface area (Å²) >= 11 is 1.72. The number of carbonyl (C=O) groups excluding carboxylic acids is 1. The molecule has 3 N–H and O–H groups in total. The Hall–Kier alpha value is -0.750. The van der Waals surface area contributed by atoms with Crippen molar-refractivity contribution in [3.8, 4) is 0 Å². The molecule has 19 heavy (non-hydrogen) atoms. The van der Waals surface area contributed by atoms with Crippen LogP contribution in [0.15, 0.2) is 35.2 Å². The molecule has 0 aromatic heterocycles. The monoisotopic (exact) mass is 304 g/mol. The maximum absolute atomic E-state index is 11.5. The number of halogens is 1. The van der Waals surface area contributed by atoms with Gasteiger partial charge in [-0.25, -0.2) is 0 Å². The number of ether oxygens (including phenoxy) is 1. The smallest absolute Gasteiger partial charge is 0.222 e. The Kier molecular flexibility index (Phi) is 10.7. The average molecular weight is 305 g/mol. The number of nitrogens with one attached hydrogen (secondary N) is 1. The van der Waals surface area contributed by atoms with Crippen molar-refractivity contribution in [2.75, 3.05) is 26.0 Å². The second-order valence-electron chi connectivity index (χ2n) is 3.81. The molecule has 0 fully saturated rings. The van der Waals surface area contributed by atoms with Crippen LogP contribution in [0.5, 0.6) is 0 Å². The first-order valence-electron chi connectivity index (χ1n) is 5.93. The number of methoxy groups -OCH3 is 1. The van der Waals surface area contributed by atoms with E-state index in [-0.39, 0.29) is 24.4 Å². The number of carbonyl (C=O) groups is 1. The lowest BCUT2D eigenvalue weighted by molar-refractivity contribution is -0.123. The van der Waals surface area contributed by atoms with Gasteiger partial charge in [-0.05, 0) is 12.1 Å². The molecule has 0 saturated heterocycles. The minimum absolute atomic E-state index is 0. The third-order valence-electron chi connectivity index (χ3n) is 2.45. The van der Waals surface area contributed by atoms with E-state index in [1.54, 1.807) is 18.9 Å². The molecule has 0 aliphatic rings. The summed E-state index contributed by atoms with van der Waals surface area (Å²) in [7, 11) is 1.57. The third kappa shape index (κ3) is 8.10. The van der Waals surface area contributed by atoms with E-state index in [1.165, 1.54) is 4.90 Å². The first-order valence-corrected chi connectivity index (χ1v) is 6.92. The van der Waals surface area contributed by atoms with E-state index in [0.29, 0.717) is 19.5 Å². The van der Waals surface area contributed by atoms with Crippen molar-refractivity contribution in [1.82, 2.24) is 5.32 Å². The van der Waals surface area contributed by atoms with Crippen molar-refractivity contribution in [3.63, 3.8) is 0 Å². The molecule has 1 aromatic carbocycles. The van der Waals surface area contributed by atoms with Gasteiger partial charge in [0, 0.05) is 30.8 Å². The molecule has 0 aliphatic carbocycles. The van der Waals surface area contributed by atoms with Gasteiger partial charge >= 0.3 is 0 Å². The number of thioether (sulfide) groups is 1. The van der Waals surface area contributed by atoms with Gasteiger partial charge in [-0.3, -0.25) is 4.79 Å². The minimum atomic E-state index is -0.188. The van der Waals surface area contributed by atoms with Crippen molar-refractivity contribution in [3.05, 3.63) is 30.3 Å². The third-order valence-corrected chi connectivity index (χ3v) is 3.46.